The Morgan fingerprint density at radius 1 is 1.30 bits per heavy atom. The third kappa shape index (κ3) is 2.42. The number of sulfonamides is 1. The van der Waals surface area contributed by atoms with Crippen LogP contribution >= 0.6 is 11.7 Å². The second kappa shape index (κ2) is 4.93. The fraction of sp³-hybridized carbons (Fsp3) is 0.182. The average molecular weight is 309 g/mol. The first-order chi connectivity index (χ1) is 9.56. The smallest absolute Gasteiger partial charge is 0.243 e. The third-order valence-corrected chi connectivity index (χ3v) is 4.73. The molecule has 3 aromatic rings. The minimum absolute atomic E-state index is 0.136. The quantitative estimate of drug-likeness (QED) is 0.773. The monoisotopic (exact) mass is 309 g/mol. The summed E-state index contributed by atoms with van der Waals surface area (Å²) in [7, 11) is -1.86. The summed E-state index contributed by atoms with van der Waals surface area (Å²) in [4.78, 5) is 0.139. The predicted molar refractivity (Wildman–Crippen MR) is 74.6 cm³/mol. The van der Waals surface area contributed by atoms with E-state index < -0.39 is 10.0 Å². The summed E-state index contributed by atoms with van der Waals surface area (Å²) >= 11 is 0.993. The van der Waals surface area contributed by atoms with Gasteiger partial charge in [-0.3, -0.25) is 4.68 Å². The Morgan fingerprint density at radius 2 is 2.15 bits per heavy atom. The molecule has 1 N–H and O–H groups in total. The summed E-state index contributed by atoms with van der Waals surface area (Å²) in [5, 5.41) is 4.12. The zero-order chi connectivity index (χ0) is 14.2. The van der Waals surface area contributed by atoms with E-state index in [9.17, 15) is 8.42 Å². The molecule has 0 saturated carbocycles. The first-order valence-electron chi connectivity index (χ1n) is 5.76. The number of nitrogens with one attached hydrogen (secondary N) is 1. The van der Waals surface area contributed by atoms with Crippen LogP contribution in [-0.4, -0.2) is 26.9 Å². The molecule has 104 valence electrons. The van der Waals surface area contributed by atoms with Crippen molar-refractivity contribution in [3.05, 3.63) is 36.2 Å². The SMILES string of the molecule is Cn1ccc(CNS(=O)(=O)c2cccc3nsnc23)n1. The van der Waals surface area contributed by atoms with Gasteiger partial charge >= 0.3 is 0 Å². The highest BCUT2D eigenvalue weighted by molar-refractivity contribution is 7.89. The number of nitrogens with zero attached hydrogens (tertiary/aromatic N) is 4. The van der Waals surface area contributed by atoms with Gasteiger partial charge in [-0.2, -0.15) is 13.8 Å². The molecule has 0 amide bonds. The highest BCUT2D eigenvalue weighted by Crippen LogP contribution is 2.20. The van der Waals surface area contributed by atoms with Gasteiger partial charge in [-0.1, -0.05) is 6.07 Å². The van der Waals surface area contributed by atoms with Crippen LogP contribution < -0.4 is 4.72 Å². The van der Waals surface area contributed by atoms with Crippen molar-refractivity contribution >= 4 is 32.8 Å². The minimum atomic E-state index is -3.64. The fourth-order valence-electron chi connectivity index (χ4n) is 1.80. The Bertz CT molecular complexity index is 852. The zero-order valence-corrected chi connectivity index (χ0v) is 12.1. The van der Waals surface area contributed by atoms with Crippen LogP contribution in [0.25, 0.3) is 11.0 Å². The number of aromatic nitrogens is 4. The summed E-state index contributed by atoms with van der Waals surface area (Å²) in [5.74, 6) is 0. The third-order valence-electron chi connectivity index (χ3n) is 2.75. The summed E-state index contributed by atoms with van der Waals surface area (Å²) in [6, 6.07) is 6.66. The van der Waals surface area contributed by atoms with E-state index in [2.05, 4.69) is 18.6 Å². The van der Waals surface area contributed by atoms with E-state index in [1.807, 2.05) is 0 Å². The lowest BCUT2D eigenvalue weighted by Crippen LogP contribution is -2.23. The molecule has 0 spiro atoms. The molecule has 20 heavy (non-hydrogen) atoms. The van der Waals surface area contributed by atoms with Crippen molar-refractivity contribution in [1.29, 1.82) is 0 Å². The molecular weight excluding hydrogens is 298 g/mol. The minimum Gasteiger partial charge on any atom is -0.276 e. The van der Waals surface area contributed by atoms with Crippen molar-refractivity contribution in [1.82, 2.24) is 23.2 Å². The van der Waals surface area contributed by atoms with Crippen molar-refractivity contribution in [2.24, 2.45) is 7.05 Å². The van der Waals surface area contributed by atoms with Crippen LogP contribution in [0.2, 0.25) is 0 Å². The highest BCUT2D eigenvalue weighted by Gasteiger charge is 2.19. The van der Waals surface area contributed by atoms with Crippen LogP contribution in [0.5, 0.6) is 0 Å². The average Bonchev–Trinajstić information content (AvgIpc) is 3.04. The lowest BCUT2D eigenvalue weighted by atomic mass is 10.3. The number of hydrogen-bond acceptors (Lipinski definition) is 6. The van der Waals surface area contributed by atoms with Gasteiger partial charge in [0.05, 0.1) is 24.0 Å². The molecule has 0 saturated heterocycles. The Hall–Kier alpha value is -1.84. The van der Waals surface area contributed by atoms with Crippen LogP contribution in [0.1, 0.15) is 5.69 Å². The molecule has 2 aromatic heterocycles. The number of benzene rings is 1. The molecule has 1 aromatic carbocycles. The number of rotatable bonds is 4. The van der Waals surface area contributed by atoms with Crippen molar-refractivity contribution in [3.8, 4) is 0 Å². The molecule has 3 rings (SSSR count). The first-order valence-corrected chi connectivity index (χ1v) is 7.97. The number of aryl methyl sites for hydroxylation is 1. The lowest BCUT2D eigenvalue weighted by Gasteiger charge is -2.05. The Morgan fingerprint density at radius 3 is 2.90 bits per heavy atom. The van der Waals surface area contributed by atoms with Crippen LogP contribution in [0.4, 0.5) is 0 Å². The summed E-state index contributed by atoms with van der Waals surface area (Å²) in [6.07, 6.45) is 1.76. The van der Waals surface area contributed by atoms with Crippen molar-refractivity contribution in [3.63, 3.8) is 0 Å². The fourth-order valence-corrected chi connectivity index (χ4v) is 3.57. The number of fused-ring (bicyclic) bond motifs is 1. The van der Waals surface area contributed by atoms with Crippen LogP contribution in [-0.2, 0) is 23.6 Å². The molecule has 0 aliphatic carbocycles. The van der Waals surface area contributed by atoms with Gasteiger partial charge in [0, 0.05) is 13.2 Å². The molecule has 0 aliphatic heterocycles. The van der Waals surface area contributed by atoms with E-state index in [-0.39, 0.29) is 11.4 Å². The number of hydrogen-bond donors (Lipinski definition) is 1. The maximum atomic E-state index is 12.3. The molecule has 0 radical (unpaired) electrons. The summed E-state index contributed by atoms with van der Waals surface area (Å²) in [5.41, 5.74) is 1.63. The van der Waals surface area contributed by atoms with Crippen LogP contribution in [0, 0.1) is 0 Å². The molecule has 2 heterocycles. The lowest BCUT2D eigenvalue weighted by molar-refractivity contribution is 0.580. The van der Waals surface area contributed by atoms with E-state index >= 15 is 0 Å². The molecule has 0 bridgehead atoms. The Balaban J connectivity index is 1.90. The molecular formula is C11H11N5O2S2. The van der Waals surface area contributed by atoms with Gasteiger partial charge in [0.1, 0.15) is 15.9 Å². The molecule has 9 heteroatoms. The molecule has 0 atom stereocenters. The zero-order valence-electron chi connectivity index (χ0n) is 10.5. The first kappa shape index (κ1) is 13.2. The molecule has 0 fully saturated rings. The largest absolute Gasteiger partial charge is 0.276 e. The van der Waals surface area contributed by atoms with Crippen LogP contribution in [0.15, 0.2) is 35.4 Å². The van der Waals surface area contributed by atoms with Gasteiger partial charge < -0.3 is 0 Å². The van der Waals surface area contributed by atoms with Crippen LogP contribution in [0.3, 0.4) is 0 Å². The molecule has 0 aliphatic rings. The maximum Gasteiger partial charge on any atom is 0.243 e. The van der Waals surface area contributed by atoms with E-state index in [0.717, 1.165) is 11.7 Å². The second-order valence-corrected chi connectivity index (χ2v) is 6.46. The Labute approximate surface area is 119 Å². The van der Waals surface area contributed by atoms with E-state index in [1.54, 1.807) is 36.1 Å². The van der Waals surface area contributed by atoms with E-state index in [4.69, 9.17) is 0 Å². The van der Waals surface area contributed by atoms with Gasteiger partial charge in [-0.25, -0.2) is 13.1 Å². The van der Waals surface area contributed by atoms with Gasteiger partial charge in [0.15, 0.2) is 0 Å². The van der Waals surface area contributed by atoms with Gasteiger partial charge in [0.25, 0.3) is 0 Å². The van der Waals surface area contributed by atoms with E-state index in [0.29, 0.717) is 16.7 Å². The van der Waals surface area contributed by atoms with Gasteiger partial charge in [-0.15, -0.1) is 0 Å². The normalized spacial score (nSPS) is 12.1. The highest BCUT2D eigenvalue weighted by atomic mass is 32.2. The predicted octanol–water partition coefficient (Wildman–Crippen LogP) is 0.903. The topological polar surface area (TPSA) is 89.8 Å². The van der Waals surface area contributed by atoms with Crippen molar-refractivity contribution in [2.45, 2.75) is 11.4 Å². The summed E-state index contributed by atoms with van der Waals surface area (Å²) < 4.78 is 36.8. The van der Waals surface area contributed by atoms with Crippen molar-refractivity contribution < 1.29 is 8.42 Å². The maximum absolute atomic E-state index is 12.3. The second-order valence-electron chi connectivity index (χ2n) is 4.19. The van der Waals surface area contributed by atoms with Gasteiger partial charge in [0.2, 0.25) is 10.0 Å². The molecule has 0 unspecified atom stereocenters. The molecule has 7 nitrogen and oxygen atoms in total. The van der Waals surface area contributed by atoms with Crippen molar-refractivity contribution in [2.75, 3.05) is 0 Å². The Kier molecular flexibility index (Phi) is 3.24. The summed E-state index contributed by atoms with van der Waals surface area (Å²) in [6.45, 7) is 0.136. The standard InChI is InChI=1S/C11H11N5O2S2/c1-16-6-5-8(13-16)7-12-20(17,18)10-4-2-3-9-11(10)15-19-14-9/h2-6,12H,7H2,1H3. The van der Waals surface area contributed by atoms with Gasteiger partial charge in [-0.05, 0) is 18.2 Å². The van der Waals surface area contributed by atoms with E-state index in [1.165, 1.54) is 6.07 Å².